The van der Waals surface area contributed by atoms with Crippen molar-refractivity contribution in [1.29, 1.82) is 0 Å². The first kappa shape index (κ1) is 32.8. The van der Waals surface area contributed by atoms with Crippen molar-refractivity contribution in [2.24, 2.45) is 33.5 Å². The van der Waals surface area contributed by atoms with Crippen molar-refractivity contribution in [3.63, 3.8) is 0 Å². The highest BCUT2D eigenvalue weighted by molar-refractivity contribution is 5.77. The van der Waals surface area contributed by atoms with E-state index < -0.39 is 5.41 Å². The van der Waals surface area contributed by atoms with Crippen LogP contribution >= 0.6 is 0 Å². The van der Waals surface area contributed by atoms with Crippen LogP contribution in [0.3, 0.4) is 0 Å². The number of hydrogen-bond donors (Lipinski definition) is 2. The molecule has 1 heterocycles. The van der Waals surface area contributed by atoms with Gasteiger partial charge in [0, 0.05) is 12.5 Å². The Bertz CT molecular complexity index is 691. The first-order valence-electron chi connectivity index (χ1n) is 13.7. The van der Waals surface area contributed by atoms with Crippen molar-refractivity contribution in [2.75, 3.05) is 40.1 Å². The highest BCUT2D eigenvalue weighted by Gasteiger charge is 2.44. The molecular weight excluding hydrogens is 458 g/mol. The van der Waals surface area contributed by atoms with Crippen LogP contribution in [0.25, 0.3) is 0 Å². The molecule has 1 fully saturated rings. The molecule has 7 nitrogen and oxygen atoms in total. The first-order chi connectivity index (χ1) is 16.5. The van der Waals surface area contributed by atoms with Crippen molar-refractivity contribution in [3.05, 3.63) is 0 Å². The molecule has 1 saturated heterocycles. The van der Waals surface area contributed by atoms with Gasteiger partial charge in [-0.1, -0.05) is 61.8 Å². The number of esters is 2. The molecular formula is C29H55NO6. The average Bonchev–Trinajstić information content (AvgIpc) is 2.76. The third-order valence-electron chi connectivity index (χ3n) is 8.16. The second kappa shape index (κ2) is 13.6. The maximum atomic E-state index is 12.8. The van der Waals surface area contributed by atoms with Gasteiger partial charge in [-0.25, -0.2) is 0 Å². The van der Waals surface area contributed by atoms with Gasteiger partial charge in [-0.15, -0.1) is 0 Å². The van der Waals surface area contributed by atoms with Gasteiger partial charge in [0.1, 0.15) is 12.6 Å². The van der Waals surface area contributed by atoms with Gasteiger partial charge in [0.2, 0.25) is 0 Å². The third-order valence-corrected chi connectivity index (χ3v) is 8.16. The fourth-order valence-corrected chi connectivity index (χ4v) is 4.81. The molecule has 4 unspecified atom stereocenters. The van der Waals surface area contributed by atoms with Gasteiger partial charge in [-0.3, -0.25) is 9.59 Å². The molecule has 0 aromatic heterocycles. The molecule has 0 aromatic rings. The molecule has 0 aliphatic carbocycles. The summed E-state index contributed by atoms with van der Waals surface area (Å²) in [5.74, 6) is -0.120. The fraction of sp³-hybridized carbons (Fsp3) is 0.931. The van der Waals surface area contributed by atoms with E-state index in [-0.39, 0.29) is 53.4 Å². The Morgan fingerprint density at radius 2 is 1.67 bits per heavy atom. The molecule has 0 saturated carbocycles. The van der Waals surface area contributed by atoms with E-state index in [2.05, 4.69) is 53.8 Å². The largest absolute Gasteiger partial charge is 0.465 e. The highest BCUT2D eigenvalue weighted by atomic mass is 16.5. The number of rotatable bonds is 15. The Kier molecular flexibility index (Phi) is 12.4. The lowest BCUT2D eigenvalue weighted by molar-refractivity contribution is -0.176. The summed E-state index contributed by atoms with van der Waals surface area (Å²) in [6.45, 7) is 20.4. The van der Waals surface area contributed by atoms with Gasteiger partial charge in [0.15, 0.2) is 0 Å². The molecule has 7 heteroatoms. The molecule has 4 atom stereocenters. The predicted molar refractivity (Wildman–Crippen MR) is 144 cm³/mol. The number of nitrogens with one attached hydrogen (secondary N) is 1. The zero-order valence-electron chi connectivity index (χ0n) is 24.8. The summed E-state index contributed by atoms with van der Waals surface area (Å²) < 4.78 is 17.0. The summed E-state index contributed by atoms with van der Waals surface area (Å²) >= 11 is 0. The topological polar surface area (TPSA) is 94.1 Å². The molecule has 212 valence electrons. The highest BCUT2D eigenvalue weighted by Crippen LogP contribution is 2.42. The van der Waals surface area contributed by atoms with Crippen LogP contribution in [-0.4, -0.2) is 63.2 Å². The Balaban J connectivity index is 2.56. The van der Waals surface area contributed by atoms with Gasteiger partial charge in [0.05, 0.1) is 30.7 Å². The molecule has 0 radical (unpaired) electrons. The van der Waals surface area contributed by atoms with E-state index in [0.29, 0.717) is 38.6 Å². The van der Waals surface area contributed by atoms with Crippen LogP contribution in [0.15, 0.2) is 0 Å². The Labute approximate surface area is 220 Å². The third kappa shape index (κ3) is 9.60. The maximum absolute atomic E-state index is 12.8. The lowest BCUT2D eigenvalue weighted by Crippen LogP contribution is -2.49. The van der Waals surface area contributed by atoms with E-state index in [1.807, 2.05) is 13.8 Å². The second-order valence-electron chi connectivity index (χ2n) is 13.7. The first-order valence-corrected chi connectivity index (χ1v) is 13.7. The van der Waals surface area contributed by atoms with Gasteiger partial charge < -0.3 is 24.6 Å². The lowest BCUT2D eigenvalue weighted by Gasteiger charge is -2.43. The standard InChI is InChI=1S/C29H55NO6/c1-11-28(9,27(6,7)8)25(33)35-17-22(16-31)13-12-21(2)14-29(18-34-19-29)20-36-24(32)23(30-10)15-26(3,4)5/h21-23,30-31H,11-20H2,1-10H3. The van der Waals surface area contributed by atoms with Crippen LogP contribution < -0.4 is 5.32 Å². The molecule has 1 aliphatic rings. The number of carbonyl (C=O) groups is 2. The van der Waals surface area contributed by atoms with Crippen molar-refractivity contribution in [3.8, 4) is 0 Å². The summed E-state index contributed by atoms with van der Waals surface area (Å²) in [6.07, 6.45) is 3.97. The number of aliphatic hydroxyl groups excluding tert-OH is 1. The summed E-state index contributed by atoms with van der Waals surface area (Å²) in [5.41, 5.74) is -0.887. The van der Waals surface area contributed by atoms with Gasteiger partial charge in [-0.05, 0) is 56.4 Å². The Morgan fingerprint density at radius 1 is 1.06 bits per heavy atom. The summed E-state index contributed by atoms with van der Waals surface area (Å²) in [5, 5.41) is 13.0. The molecule has 36 heavy (non-hydrogen) atoms. The maximum Gasteiger partial charge on any atom is 0.323 e. The van der Waals surface area contributed by atoms with Crippen LogP contribution in [0.5, 0.6) is 0 Å². The minimum atomic E-state index is -0.562. The number of ether oxygens (including phenoxy) is 3. The molecule has 0 aromatic carbocycles. The molecule has 2 N–H and O–H groups in total. The molecule has 0 spiro atoms. The number of hydrogen-bond acceptors (Lipinski definition) is 7. The van der Waals surface area contributed by atoms with E-state index in [9.17, 15) is 14.7 Å². The fourth-order valence-electron chi connectivity index (χ4n) is 4.81. The SMILES string of the molecule is CCC(C)(C(=O)OCC(CO)CCC(C)CC1(COC(=O)C(CC(C)(C)C)NC)COC1)C(C)(C)C. The van der Waals surface area contributed by atoms with Crippen molar-refractivity contribution >= 4 is 11.9 Å². The van der Waals surface area contributed by atoms with E-state index in [4.69, 9.17) is 14.2 Å². The van der Waals surface area contributed by atoms with E-state index in [1.165, 1.54) is 0 Å². The van der Waals surface area contributed by atoms with Crippen LogP contribution in [0.4, 0.5) is 0 Å². The Morgan fingerprint density at radius 3 is 2.08 bits per heavy atom. The van der Waals surface area contributed by atoms with Gasteiger partial charge in [-0.2, -0.15) is 0 Å². The van der Waals surface area contributed by atoms with Crippen molar-refractivity contribution in [2.45, 2.75) is 100 Å². The Hall–Kier alpha value is -1.18. The number of likely N-dealkylation sites (N-methyl/N-ethyl adjacent to an activating group) is 1. The van der Waals surface area contributed by atoms with Crippen molar-refractivity contribution in [1.82, 2.24) is 5.32 Å². The smallest absolute Gasteiger partial charge is 0.323 e. The zero-order valence-corrected chi connectivity index (χ0v) is 24.8. The van der Waals surface area contributed by atoms with Gasteiger partial charge in [0.25, 0.3) is 0 Å². The van der Waals surface area contributed by atoms with Crippen LogP contribution in [0.1, 0.15) is 94.4 Å². The summed E-state index contributed by atoms with van der Waals surface area (Å²) in [6, 6.07) is -0.318. The van der Waals surface area contributed by atoms with Crippen LogP contribution in [0, 0.1) is 33.5 Å². The van der Waals surface area contributed by atoms with E-state index >= 15 is 0 Å². The normalized spacial score (nSPS) is 20.0. The van der Waals surface area contributed by atoms with E-state index in [0.717, 1.165) is 19.3 Å². The quantitative estimate of drug-likeness (QED) is 0.298. The molecule has 1 rings (SSSR count). The average molecular weight is 514 g/mol. The number of aliphatic hydroxyl groups is 1. The minimum Gasteiger partial charge on any atom is -0.465 e. The van der Waals surface area contributed by atoms with E-state index in [1.54, 1.807) is 7.05 Å². The summed E-state index contributed by atoms with van der Waals surface area (Å²) in [4.78, 5) is 25.5. The van der Waals surface area contributed by atoms with Crippen molar-refractivity contribution < 1.29 is 28.9 Å². The molecule has 0 amide bonds. The minimum absolute atomic E-state index is 0.0105. The van der Waals surface area contributed by atoms with Gasteiger partial charge >= 0.3 is 11.9 Å². The zero-order chi connectivity index (χ0) is 27.8. The van der Waals surface area contributed by atoms with Crippen LogP contribution in [-0.2, 0) is 23.8 Å². The predicted octanol–water partition coefficient (Wildman–Crippen LogP) is 4.99. The monoisotopic (exact) mass is 513 g/mol. The molecule has 0 bridgehead atoms. The second-order valence-corrected chi connectivity index (χ2v) is 13.7. The van der Waals surface area contributed by atoms with Crippen LogP contribution in [0.2, 0.25) is 0 Å². The molecule has 1 aliphatic heterocycles. The summed E-state index contributed by atoms with van der Waals surface area (Å²) in [7, 11) is 1.79. The number of carbonyl (C=O) groups excluding carboxylic acids is 2. The lowest BCUT2D eigenvalue weighted by atomic mass is 9.66.